The normalized spacial score (nSPS) is 13.4. The number of hydrogen-bond donors (Lipinski definition) is 0. The second-order valence-electron chi connectivity index (χ2n) is 7.32. The molecule has 0 saturated carbocycles. The number of carbonyl (C=O) groups is 1. The molecule has 2 aromatic carbocycles. The molecule has 0 bridgehead atoms. The second-order valence-corrected chi connectivity index (χ2v) is 7.75. The molecule has 0 radical (unpaired) electrons. The van der Waals surface area contributed by atoms with Crippen LogP contribution in [0.15, 0.2) is 54.7 Å². The first-order valence-corrected chi connectivity index (χ1v) is 9.97. The van der Waals surface area contributed by atoms with E-state index in [0.29, 0.717) is 17.1 Å². The van der Waals surface area contributed by atoms with Crippen molar-refractivity contribution in [2.45, 2.75) is 45.7 Å². The molecular weight excluding hydrogens is 436 g/mol. The van der Waals surface area contributed by atoms with Crippen LogP contribution in [0.4, 0.5) is 0 Å². The van der Waals surface area contributed by atoms with Gasteiger partial charge in [-0.2, -0.15) is 0 Å². The first-order valence-electron chi connectivity index (χ1n) is 9.59. The summed E-state index contributed by atoms with van der Waals surface area (Å²) < 4.78 is 4.56. The van der Waals surface area contributed by atoms with Gasteiger partial charge in [0.15, 0.2) is 12.2 Å². The molecule has 3 nitrogen and oxygen atoms in total. The van der Waals surface area contributed by atoms with Gasteiger partial charge in [0.2, 0.25) is 5.78 Å². The van der Waals surface area contributed by atoms with Crippen LogP contribution in [-0.4, -0.2) is 10.4 Å². The van der Waals surface area contributed by atoms with Crippen LogP contribution in [-0.2, 0) is 19.5 Å². The van der Waals surface area contributed by atoms with Crippen molar-refractivity contribution in [2.75, 3.05) is 0 Å². The molecule has 0 fully saturated rings. The zero-order chi connectivity index (χ0) is 18.8. The smallest absolute Gasteiger partial charge is 0.257 e. The maximum atomic E-state index is 12.8. The molecule has 1 aliphatic heterocycles. The van der Waals surface area contributed by atoms with E-state index in [-0.39, 0.29) is 22.8 Å². The van der Waals surface area contributed by atoms with Crippen molar-refractivity contribution in [1.82, 2.24) is 4.57 Å². The van der Waals surface area contributed by atoms with E-state index < -0.39 is 0 Å². The number of halogens is 2. The Morgan fingerprint density at radius 2 is 1.75 bits per heavy atom. The first kappa shape index (κ1) is 20.8. The van der Waals surface area contributed by atoms with Crippen LogP contribution in [0.1, 0.15) is 41.0 Å². The van der Waals surface area contributed by atoms with Crippen LogP contribution in [0.2, 0.25) is 5.02 Å². The summed E-state index contributed by atoms with van der Waals surface area (Å²) in [7, 11) is 0. The standard InChI is InChI=1S/C23H24ClN2O.BrH/c1-17-6-8-18(9-7-17)21-15-25(23-5-3-2-4-14-26(21)23)16-22(27)19-10-12-20(24)13-11-19;/h6-13,15H,2-5,14,16H2,1H3;1H/q+1;/p-1. The fourth-order valence-electron chi connectivity index (χ4n) is 3.82. The largest absolute Gasteiger partial charge is 1.00 e. The number of ketones is 1. The van der Waals surface area contributed by atoms with E-state index in [9.17, 15) is 4.79 Å². The van der Waals surface area contributed by atoms with Gasteiger partial charge in [-0.3, -0.25) is 4.79 Å². The van der Waals surface area contributed by atoms with Crippen LogP contribution < -0.4 is 21.5 Å². The summed E-state index contributed by atoms with van der Waals surface area (Å²) in [4.78, 5) is 12.8. The molecule has 0 amide bonds. The number of Topliss-reactive ketones (excluding diaryl/α,β-unsaturated/α-hetero) is 1. The Labute approximate surface area is 181 Å². The molecule has 5 heteroatoms. The van der Waals surface area contributed by atoms with Crippen LogP contribution in [0.25, 0.3) is 11.3 Å². The number of hydrogen-bond acceptors (Lipinski definition) is 1. The molecule has 2 heterocycles. The van der Waals surface area contributed by atoms with Crippen molar-refractivity contribution in [3.05, 3.63) is 76.7 Å². The minimum atomic E-state index is 0. The fraction of sp³-hybridized carbons (Fsp3) is 0.304. The third kappa shape index (κ3) is 4.39. The van der Waals surface area contributed by atoms with Crippen LogP contribution in [0.5, 0.6) is 0 Å². The fourth-order valence-corrected chi connectivity index (χ4v) is 3.94. The second kappa shape index (κ2) is 9.06. The van der Waals surface area contributed by atoms with E-state index >= 15 is 0 Å². The minimum absolute atomic E-state index is 0. The number of aryl methyl sites for hydroxylation is 1. The van der Waals surface area contributed by atoms with Crippen LogP contribution in [0.3, 0.4) is 0 Å². The SMILES string of the molecule is Cc1ccc(-c2c[n+](CC(=O)c3ccc(Cl)cc3)c3n2CCCCC3)cc1.[Br-]. The molecule has 146 valence electrons. The molecule has 4 rings (SSSR count). The summed E-state index contributed by atoms with van der Waals surface area (Å²) in [6.07, 6.45) is 6.76. The maximum absolute atomic E-state index is 12.8. The Kier molecular flexibility index (Phi) is 6.73. The van der Waals surface area contributed by atoms with Gasteiger partial charge in [0.1, 0.15) is 6.20 Å². The summed E-state index contributed by atoms with van der Waals surface area (Å²) in [6, 6.07) is 15.8. The predicted octanol–water partition coefficient (Wildman–Crippen LogP) is 2.02. The number of fused-ring (bicyclic) bond motifs is 1. The van der Waals surface area contributed by atoms with Crippen molar-refractivity contribution >= 4 is 17.4 Å². The van der Waals surface area contributed by atoms with E-state index in [1.807, 2.05) is 0 Å². The molecule has 1 aliphatic rings. The quantitative estimate of drug-likeness (QED) is 0.433. The third-order valence-electron chi connectivity index (χ3n) is 5.32. The number of carbonyl (C=O) groups excluding carboxylic acids is 1. The Hall–Kier alpha value is -1.91. The van der Waals surface area contributed by atoms with E-state index in [0.717, 1.165) is 13.0 Å². The summed E-state index contributed by atoms with van der Waals surface area (Å²) in [5.41, 5.74) is 4.38. The molecule has 0 N–H and O–H groups in total. The topological polar surface area (TPSA) is 25.9 Å². The highest BCUT2D eigenvalue weighted by molar-refractivity contribution is 6.30. The third-order valence-corrected chi connectivity index (χ3v) is 5.57. The van der Waals surface area contributed by atoms with E-state index in [1.165, 1.54) is 41.9 Å². The van der Waals surface area contributed by atoms with Gasteiger partial charge in [0.05, 0.1) is 6.54 Å². The van der Waals surface area contributed by atoms with E-state index in [4.69, 9.17) is 11.6 Å². The molecule has 1 aromatic heterocycles. The molecule has 0 unspecified atom stereocenters. The average molecular weight is 460 g/mol. The van der Waals surface area contributed by atoms with Gasteiger partial charge in [0, 0.05) is 22.6 Å². The van der Waals surface area contributed by atoms with Crippen molar-refractivity contribution in [3.8, 4) is 11.3 Å². The van der Waals surface area contributed by atoms with Gasteiger partial charge in [-0.25, -0.2) is 9.13 Å². The summed E-state index contributed by atoms with van der Waals surface area (Å²) in [6.45, 7) is 3.48. The molecule has 0 atom stereocenters. The highest BCUT2D eigenvalue weighted by Crippen LogP contribution is 2.24. The number of aromatic nitrogens is 2. The molecule has 28 heavy (non-hydrogen) atoms. The maximum Gasteiger partial charge on any atom is 0.257 e. The lowest BCUT2D eigenvalue weighted by Gasteiger charge is -2.03. The van der Waals surface area contributed by atoms with E-state index in [2.05, 4.69) is 46.5 Å². The summed E-state index contributed by atoms with van der Waals surface area (Å²) in [5.74, 6) is 1.37. The molecular formula is C23H24BrClN2O. The Morgan fingerprint density at radius 1 is 1.04 bits per heavy atom. The Bertz CT molecular complexity index is 962. The Morgan fingerprint density at radius 3 is 2.46 bits per heavy atom. The number of nitrogens with zero attached hydrogens (tertiary/aromatic N) is 2. The van der Waals surface area contributed by atoms with Gasteiger partial charge < -0.3 is 17.0 Å². The first-order chi connectivity index (χ1) is 13.1. The van der Waals surface area contributed by atoms with Gasteiger partial charge in [0.25, 0.3) is 5.82 Å². The zero-order valence-electron chi connectivity index (χ0n) is 16.0. The highest BCUT2D eigenvalue weighted by atomic mass is 79.9. The predicted molar refractivity (Wildman–Crippen MR) is 108 cm³/mol. The summed E-state index contributed by atoms with van der Waals surface area (Å²) in [5, 5.41) is 0.651. The van der Waals surface area contributed by atoms with Crippen molar-refractivity contribution < 1.29 is 26.3 Å². The molecule has 0 saturated heterocycles. The monoisotopic (exact) mass is 458 g/mol. The zero-order valence-corrected chi connectivity index (χ0v) is 18.3. The van der Waals surface area contributed by atoms with Crippen molar-refractivity contribution in [2.24, 2.45) is 0 Å². The van der Waals surface area contributed by atoms with Crippen molar-refractivity contribution in [1.29, 1.82) is 0 Å². The van der Waals surface area contributed by atoms with E-state index in [1.54, 1.807) is 24.3 Å². The lowest BCUT2D eigenvalue weighted by Crippen LogP contribution is -3.00. The Balaban J connectivity index is 0.00000225. The number of rotatable bonds is 4. The van der Waals surface area contributed by atoms with Crippen LogP contribution in [0, 0.1) is 6.92 Å². The molecule has 0 aliphatic carbocycles. The number of benzene rings is 2. The van der Waals surface area contributed by atoms with Crippen LogP contribution >= 0.6 is 11.6 Å². The average Bonchev–Trinajstić information content (AvgIpc) is 2.84. The molecule has 0 spiro atoms. The minimum Gasteiger partial charge on any atom is -1.00 e. The van der Waals surface area contributed by atoms with Gasteiger partial charge >= 0.3 is 0 Å². The van der Waals surface area contributed by atoms with Crippen molar-refractivity contribution in [3.63, 3.8) is 0 Å². The summed E-state index contributed by atoms with van der Waals surface area (Å²) >= 11 is 5.95. The van der Waals surface area contributed by atoms with Gasteiger partial charge in [-0.15, -0.1) is 0 Å². The number of imidazole rings is 1. The van der Waals surface area contributed by atoms with Gasteiger partial charge in [-0.1, -0.05) is 41.4 Å². The van der Waals surface area contributed by atoms with Gasteiger partial charge in [-0.05, 0) is 50.5 Å². The lowest BCUT2D eigenvalue weighted by atomic mass is 10.1. The highest BCUT2D eigenvalue weighted by Gasteiger charge is 2.27. The molecule has 3 aromatic rings. The lowest BCUT2D eigenvalue weighted by molar-refractivity contribution is -0.690.